The number of fused-ring (bicyclic) bond motifs is 1. The Morgan fingerprint density at radius 2 is 2.03 bits per heavy atom. The average molecular weight is 643 g/mol. The van der Waals surface area contributed by atoms with E-state index in [1.807, 2.05) is 57.2 Å². The van der Waals surface area contributed by atoms with E-state index in [1.54, 1.807) is 17.0 Å². The topological polar surface area (TPSA) is 99.8 Å². The van der Waals surface area contributed by atoms with Gasteiger partial charge in [0.1, 0.15) is 16.4 Å². The minimum atomic E-state index is -0.606. The maximum atomic E-state index is 14.7. The Morgan fingerprint density at radius 3 is 2.70 bits per heavy atom. The van der Waals surface area contributed by atoms with Gasteiger partial charge in [-0.2, -0.15) is 0 Å². The van der Waals surface area contributed by atoms with Crippen molar-refractivity contribution in [3.8, 4) is 0 Å². The number of anilines is 2. The number of carbonyl (C=O) groups excluding carboxylic acids is 3. The zero-order valence-corrected chi connectivity index (χ0v) is 24.6. The molecular formula is C26H32FIN4O4S. The Bertz CT molecular complexity index is 1240. The number of benzene rings is 1. The van der Waals surface area contributed by atoms with E-state index in [0.29, 0.717) is 53.5 Å². The lowest BCUT2D eigenvalue weighted by atomic mass is 9.85. The highest BCUT2D eigenvalue weighted by molar-refractivity contribution is 14.1. The highest BCUT2D eigenvalue weighted by Crippen LogP contribution is 2.40. The molecule has 1 atom stereocenters. The van der Waals surface area contributed by atoms with Crippen LogP contribution < -0.4 is 16.0 Å². The molecule has 0 bridgehead atoms. The van der Waals surface area contributed by atoms with Gasteiger partial charge in [0.2, 0.25) is 0 Å². The Kier molecular flexibility index (Phi) is 7.76. The summed E-state index contributed by atoms with van der Waals surface area (Å²) in [5, 5.41) is 9.47. The van der Waals surface area contributed by atoms with Crippen molar-refractivity contribution >= 4 is 62.5 Å². The van der Waals surface area contributed by atoms with Crippen molar-refractivity contribution in [3.05, 3.63) is 43.6 Å². The monoisotopic (exact) mass is 642 g/mol. The molecule has 4 rings (SSSR count). The largest absolute Gasteiger partial charge is 0.444 e. The molecule has 1 saturated heterocycles. The first-order chi connectivity index (χ1) is 17.2. The van der Waals surface area contributed by atoms with Crippen molar-refractivity contribution in [1.82, 2.24) is 15.5 Å². The number of ether oxygens (including phenoxy) is 1. The Balaban J connectivity index is 1.63. The lowest BCUT2D eigenvalue weighted by Gasteiger charge is -2.24. The first kappa shape index (κ1) is 27.6. The average Bonchev–Trinajstić information content (AvgIpc) is 3.35. The highest BCUT2D eigenvalue weighted by atomic mass is 127. The van der Waals surface area contributed by atoms with Gasteiger partial charge < -0.3 is 25.6 Å². The standard InChI is InChI=1S/C26H32FIN4O4S/c1-25(2,3)36-24(35)32-9-8-15(12-32)30-21(33)19-16-11-26(4,5)13-29-22(34)20(16)37-23(19)31-18-7-6-14(28)10-17(18)27/h6-7,10,15,31H,8-9,11-13H2,1-5H3,(H,29,34)(H,30,33)/t15-/m0/s1. The number of hydrogen-bond donors (Lipinski definition) is 3. The Hall–Kier alpha value is -2.41. The quantitative estimate of drug-likeness (QED) is 0.394. The highest BCUT2D eigenvalue weighted by Gasteiger charge is 2.36. The fourth-order valence-corrected chi connectivity index (χ4v) is 6.03. The molecule has 0 unspecified atom stereocenters. The van der Waals surface area contributed by atoms with Crippen LogP contribution in [-0.2, 0) is 11.2 Å². The first-order valence-corrected chi connectivity index (χ1v) is 14.1. The van der Waals surface area contributed by atoms with Gasteiger partial charge in [-0.1, -0.05) is 13.8 Å². The van der Waals surface area contributed by atoms with Gasteiger partial charge in [0.15, 0.2) is 0 Å². The van der Waals surface area contributed by atoms with Crippen molar-refractivity contribution in [1.29, 1.82) is 0 Å². The van der Waals surface area contributed by atoms with E-state index in [2.05, 4.69) is 16.0 Å². The van der Waals surface area contributed by atoms with E-state index in [1.165, 1.54) is 6.07 Å². The van der Waals surface area contributed by atoms with Gasteiger partial charge in [-0.3, -0.25) is 9.59 Å². The summed E-state index contributed by atoms with van der Waals surface area (Å²) in [6.07, 6.45) is 0.674. The van der Waals surface area contributed by atoms with Gasteiger partial charge in [0.25, 0.3) is 11.8 Å². The van der Waals surface area contributed by atoms with Gasteiger partial charge >= 0.3 is 6.09 Å². The van der Waals surface area contributed by atoms with E-state index < -0.39 is 17.5 Å². The number of hydrogen-bond acceptors (Lipinski definition) is 6. The van der Waals surface area contributed by atoms with E-state index in [0.717, 1.165) is 14.9 Å². The predicted molar refractivity (Wildman–Crippen MR) is 150 cm³/mol. The van der Waals surface area contributed by atoms with Crippen LogP contribution >= 0.6 is 33.9 Å². The number of likely N-dealkylation sites (tertiary alicyclic amines) is 1. The molecule has 0 spiro atoms. The zero-order valence-electron chi connectivity index (χ0n) is 21.6. The molecule has 0 saturated carbocycles. The number of rotatable bonds is 4. The normalized spacial score (nSPS) is 19.1. The molecule has 2 aromatic rings. The van der Waals surface area contributed by atoms with Crippen LogP contribution in [0.15, 0.2) is 18.2 Å². The summed E-state index contributed by atoms with van der Waals surface area (Å²) in [5.74, 6) is -1.05. The number of thiophene rings is 1. The number of nitrogens with zero attached hydrogens (tertiary/aromatic N) is 1. The molecule has 1 fully saturated rings. The summed E-state index contributed by atoms with van der Waals surface area (Å²) in [5.41, 5.74) is 0.341. The van der Waals surface area contributed by atoms with Crippen molar-refractivity contribution in [2.75, 3.05) is 25.0 Å². The van der Waals surface area contributed by atoms with E-state index in [-0.39, 0.29) is 29.0 Å². The molecule has 200 valence electrons. The maximum absolute atomic E-state index is 14.7. The first-order valence-electron chi connectivity index (χ1n) is 12.2. The SMILES string of the molecule is CC1(C)CNC(=O)c2sc(Nc3ccc(I)cc3F)c(C(=O)N[C@H]3CCN(C(=O)OC(C)(C)C)C3)c2C1. The molecule has 3 heterocycles. The number of halogens is 2. The van der Waals surface area contributed by atoms with Crippen molar-refractivity contribution in [2.45, 2.75) is 59.1 Å². The second-order valence-electron chi connectivity index (χ2n) is 11.3. The molecule has 3 amide bonds. The minimum Gasteiger partial charge on any atom is -0.444 e. The van der Waals surface area contributed by atoms with Crippen LogP contribution in [0.3, 0.4) is 0 Å². The van der Waals surface area contributed by atoms with Crippen molar-refractivity contribution < 1.29 is 23.5 Å². The van der Waals surface area contributed by atoms with Crippen LogP contribution in [0, 0.1) is 14.8 Å². The van der Waals surface area contributed by atoms with Crippen LogP contribution in [0.25, 0.3) is 0 Å². The third-order valence-corrected chi connectivity index (χ3v) is 7.99. The van der Waals surface area contributed by atoms with Crippen molar-refractivity contribution in [3.63, 3.8) is 0 Å². The zero-order chi connectivity index (χ0) is 27.1. The van der Waals surface area contributed by atoms with E-state index >= 15 is 0 Å². The van der Waals surface area contributed by atoms with Gasteiger partial charge in [0.05, 0.1) is 16.1 Å². The number of carbonyl (C=O) groups is 3. The minimum absolute atomic E-state index is 0.225. The predicted octanol–water partition coefficient (Wildman–Crippen LogP) is 5.29. The maximum Gasteiger partial charge on any atom is 0.410 e. The lowest BCUT2D eigenvalue weighted by molar-refractivity contribution is 0.0290. The molecule has 1 aromatic heterocycles. The Labute approximate surface area is 233 Å². The van der Waals surface area contributed by atoms with Gasteiger partial charge in [0, 0.05) is 29.2 Å². The number of nitrogens with one attached hydrogen (secondary N) is 3. The van der Waals surface area contributed by atoms with Gasteiger partial charge in [-0.15, -0.1) is 11.3 Å². The number of amides is 3. The Morgan fingerprint density at radius 1 is 1.30 bits per heavy atom. The molecular weight excluding hydrogens is 610 g/mol. The fourth-order valence-electron chi connectivity index (χ4n) is 4.43. The van der Waals surface area contributed by atoms with E-state index in [9.17, 15) is 18.8 Å². The molecule has 37 heavy (non-hydrogen) atoms. The molecule has 8 nitrogen and oxygen atoms in total. The van der Waals surface area contributed by atoms with Crippen LogP contribution in [-0.4, -0.2) is 54.1 Å². The molecule has 0 aliphatic carbocycles. The molecule has 11 heteroatoms. The second kappa shape index (κ2) is 10.4. The molecule has 1 aromatic carbocycles. The van der Waals surface area contributed by atoms with Crippen molar-refractivity contribution in [2.24, 2.45) is 5.41 Å². The van der Waals surface area contributed by atoms with Crippen LogP contribution in [0.5, 0.6) is 0 Å². The molecule has 0 radical (unpaired) electrons. The summed E-state index contributed by atoms with van der Waals surface area (Å²) in [6.45, 7) is 10.8. The summed E-state index contributed by atoms with van der Waals surface area (Å²) in [7, 11) is 0. The summed E-state index contributed by atoms with van der Waals surface area (Å²) >= 11 is 3.19. The summed E-state index contributed by atoms with van der Waals surface area (Å²) in [6, 6.07) is 4.51. The van der Waals surface area contributed by atoms with Crippen LogP contribution in [0.1, 0.15) is 66.6 Å². The second-order valence-corrected chi connectivity index (χ2v) is 13.5. The molecule has 2 aliphatic rings. The van der Waals surface area contributed by atoms with Gasteiger partial charge in [-0.25, -0.2) is 9.18 Å². The molecule has 3 N–H and O–H groups in total. The lowest BCUT2D eigenvalue weighted by Crippen LogP contribution is -2.40. The fraction of sp³-hybridized carbons (Fsp3) is 0.500. The summed E-state index contributed by atoms with van der Waals surface area (Å²) in [4.78, 5) is 41.1. The van der Waals surface area contributed by atoms with Crippen LogP contribution in [0.4, 0.5) is 19.9 Å². The third-order valence-electron chi connectivity index (χ3n) is 6.18. The smallest absolute Gasteiger partial charge is 0.410 e. The summed E-state index contributed by atoms with van der Waals surface area (Å²) < 4.78 is 20.9. The third kappa shape index (κ3) is 6.54. The molecule has 2 aliphatic heterocycles. The van der Waals surface area contributed by atoms with Crippen LogP contribution in [0.2, 0.25) is 0 Å². The van der Waals surface area contributed by atoms with Gasteiger partial charge in [-0.05, 0) is 85.4 Å². The van der Waals surface area contributed by atoms with E-state index in [4.69, 9.17) is 4.74 Å².